The van der Waals surface area contributed by atoms with Crippen molar-refractivity contribution >= 4 is 17.9 Å². The number of quaternary nitrogens is 1. The van der Waals surface area contributed by atoms with Crippen LogP contribution in [0.15, 0.2) is 24.3 Å². The minimum absolute atomic E-state index is 0.0519. The van der Waals surface area contributed by atoms with E-state index in [4.69, 9.17) is 14.2 Å². The number of rotatable bonds is 42. The number of nitrogens with zero attached hydrogens (tertiary/aromatic N) is 1. The van der Waals surface area contributed by atoms with Gasteiger partial charge in [0, 0.05) is 19.3 Å². The van der Waals surface area contributed by atoms with Crippen molar-refractivity contribution in [2.24, 2.45) is 0 Å². The van der Waals surface area contributed by atoms with Crippen LogP contribution in [0.4, 0.5) is 0 Å². The van der Waals surface area contributed by atoms with E-state index in [0.717, 1.165) is 38.5 Å². The van der Waals surface area contributed by atoms with E-state index in [1.807, 2.05) is 21.1 Å². The lowest BCUT2D eigenvalue weighted by molar-refractivity contribution is -0.887. The van der Waals surface area contributed by atoms with Crippen LogP contribution in [0, 0.1) is 0 Å². The monoisotopic (exact) mass is 793 g/mol. The van der Waals surface area contributed by atoms with Crippen LogP contribution < -0.4 is 0 Å². The first kappa shape index (κ1) is 53.8. The van der Waals surface area contributed by atoms with Crippen molar-refractivity contribution in [2.45, 2.75) is 225 Å². The van der Waals surface area contributed by atoms with Gasteiger partial charge in [0.1, 0.15) is 6.61 Å². The van der Waals surface area contributed by atoms with Gasteiger partial charge in [0.15, 0.2) is 12.1 Å². The molecule has 0 spiro atoms. The van der Waals surface area contributed by atoms with Gasteiger partial charge < -0.3 is 23.8 Å². The molecule has 1 N–H and O–H groups in total. The average molecular weight is 793 g/mol. The zero-order chi connectivity index (χ0) is 41.4. The number of carboxylic acids is 1. The van der Waals surface area contributed by atoms with E-state index in [1.54, 1.807) is 0 Å². The fraction of sp³-hybridized carbons (Fsp3) is 0.854. The van der Waals surface area contributed by atoms with Crippen molar-refractivity contribution in [1.82, 2.24) is 0 Å². The van der Waals surface area contributed by atoms with Gasteiger partial charge in [0.05, 0.1) is 34.4 Å². The average Bonchev–Trinajstić information content (AvgIpc) is 3.15. The molecule has 56 heavy (non-hydrogen) atoms. The molecule has 2 atom stereocenters. The summed E-state index contributed by atoms with van der Waals surface area (Å²) in [5.74, 6) is -1.47. The van der Waals surface area contributed by atoms with Gasteiger partial charge in [-0.1, -0.05) is 154 Å². The predicted octanol–water partition coefficient (Wildman–Crippen LogP) is 12.9. The Balaban J connectivity index is 4.31. The molecule has 0 aliphatic heterocycles. The van der Waals surface area contributed by atoms with E-state index in [9.17, 15) is 19.5 Å². The smallest absolute Gasteiger partial charge is 0.362 e. The standard InChI is InChI=1S/C48H89NO7/c1-6-8-10-12-14-16-18-20-22-23-25-27-29-31-33-35-37-39-47(51)56-44(42-54-41-40-45(48(52)53)49(3,4)5)43-55-46(50)38-36-34-32-30-28-26-24-21-19-17-15-13-11-9-7-2/h17,19-20,22,44-45H,6-16,18,21,23-43H2,1-5H3/p+1/b19-17+,22-20+. The topological polar surface area (TPSA) is 99.1 Å². The first-order valence-corrected chi connectivity index (χ1v) is 23.4. The summed E-state index contributed by atoms with van der Waals surface area (Å²) in [5, 5.41) is 9.63. The second kappa shape index (κ2) is 39.6. The summed E-state index contributed by atoms with van der Waals surface area (Å²) in [6.45, 7) is 4.73. The molecule has 0 aliphatic rings. The summed E-state index contributed by atoms with van der Waals surface area (Å²) >= 11 is 0. The summed E-state index contributed by atoms with van der Waals surface area (Å²) in [5.41, 5.74) is 0. The van der Waals surface area contributed by atoms with Crippen molar-refractivity contribution in [3.63, 3.8) is 0 Å². The summed E-state index contributed by atoms with van der Waals surface area (Å²) < 4.78 is 17.3. The van der Waals surface area contributed by atoms with Gasteiger partial charge in [0.25, 0.3) is 0 Å². The van der Waals surface area contributed by atoms with E-state index in [0.29, 0.717) is 19.3 Å². The molecule has 0 aromatic rings. The third kappa shape index (κ3) is 37.4. The van der Waals surface area contributed by atoms with Gasteiger partial charge in [-0.25, -0.2) is 4.79 Å². The molecule has 0 fully saturated rings. The zero-order valence-corrected chi connectivity index (χ0v) is 37.3. The molecular formula is C48H90NO7+. The molecule has 8 heteroatoms. The van der Waals surface area contributed by atoms with Crippen molar-refractivity contribution in [3.8, 4) is 0 Å². The molecule has 0 aromatic carbocycles. The number of hydrogen-bond donors (Lipinski definition) is 1. The number of aliphatic carboxylic acids is 1. The Hall–Kier alpha value is -2.19. The van der Waals surface area contributed by atoms with Crippen LogP contribution in [0.3, 0.4) is 0 Å². The number of hydrogen-bond acceptors (Lipinski definition) is 6. The number of esters is 2. The molecule has 0 amide bonds. The van der Waals surface area contributed by atoms with Crippen molar-refractivity contribution in [1.29, 1.82) is 0 Å². The Bertz CT molecular complexity index is 973. The van der Waals surface area contributed by atoms with Crippen LogP contribution in [0.1, 0.15) is 213 Å². The van der Waals surface area contributed by atoms with Crippen LogP contribution >= 0.6 is 0 Å². The second-order valence-corrected chi connectivity index (χ2v) is 17.0. The van der Waals surface area contributed by atoms with Crippen LogP contribution in [0.5, 0.6) is 0 Å². The molecular weight excluding hydrogens is 703 g/mol. The molecule has 0 rings (SSSR count). The highest BCUT2D eigenvalue weighted by molar-refractivity contribution is 5.72. The number of carbonyl (C=O) groups excluding carboxylic acids is 2. The molecule has 0 radical (unpaired) electrons. The Morgan fingerprint density at radius 3 is 1.30 bits per heavy atom. The first-order valence-electron chi connectivity index (χ1n) is 23.4. The Morgan fingerprint density at radius 2 is 0.893 bits per heavy atom. The molecule has 0 saturated heterocycles. The number of likely N-dealkylation sites (N-methyl/N-ethyl adjacent to an activating group) is 1. The summed E-state index contributed by atoms with van der Waals surface area (Å²) in [6.07, 6.45) is 43.5. The van der Waals surface area contributed by atoms with Crippen LogP contribution in [-0.4, -0.2) is 80.6 Å². The summed E-state index contributed by atoms with van der Waals surface area (Å²) in [4.78, 5) is 37.0. The predicted molar refractivity (Wildman–Crippen MR) is 234 cm³/mol. The third-order valence-corrected chi connectivity index (χ3v) is 10.6. The van der Waals surface area contributed by atoms with Crippen LogP contribution in [0.2, 0.25) is 0 Å². The van der Waals surface area contributed by atoms with Gasteiger partial charge in [-0.05, 0) is 64.2 Å². The lowest BCUT2D eigenvalue weighted by atomic mass is 10.1. The van der Waals surface area contributed by atoms with Crippen molar-refractivity contribution in [3.05, 3.63) is 24.3 Å². The van der Waals surface area contributed by atoms with E-state index in [2.05, 4.69) is 38.2 Å². The number of unbranched alkanes of at least 4 members (excludes halogenated alkanes) is 24. The fourth-order valence-electron chi connectivity index (χ4n) is 6.90. The fourth-order valence-corrected chi connectivity index (χ4v) is 6.90. The van der Waals surface area contributed by atoms with Crippen molar-refractivity contribution in [2.75, 3.05) is 41.0 Å². The van der Waals surface area contributed by atoms with Gasteiger partial charge in [0.2, 0.25) is 0 Å². The van der Waals surface area contributed by atoms with Crippen LogP contribution in [-0.2, 0) is 28.6 Å². The quantitative estimate of drug-likeness (QED) is 0.0284. The van der Waals surface area contributed by atoms with Gasteiger partial charge in [-0.15, -0.1) is 0 Å². The maximum atomic E-state index is 12.7. The minimum Gasteiger partial charge on any atom is -0.477 e. The molecule has 2 unspecified atom stereocenters. The van der Waals surface area contributed by atoms with Crippen LogP contribution in [0.25, 0.3) is 0 Å². The summed E-state index contributed by atoms with van der Waals surface area (Å²) in [7, 11) is 5.53. The number of carboxylic acid groups (broad SMARTS) is 1. The number of ether oxygens (including phenoxy) is 3. The second-order valence-electron chi connectivity index (χ2n) is 17.0. The molecule has 0 aliphatic carbocycles. The SMILES string of the molecule is CCCCCC/C=C/CCCCCCCCCC(=O)OCC(COCCC(C(=O)O)[N+](C)(C)C)OC(=O)CCCCCCCCC/C=C/CCCCCCCC. The maximum Gasteiger partial charge on any atom is 0.362 e. The van der Waals surface area contributed by atoms with E-state index in [-0.39, 0.29) is 36.2 Å². The lowest BCUT2D eigenvalue weighted by Gasteiger charge is -2.31. The molecule has 0 bridgehead atoms. The van der Waals surface area contributed by atoms with E-state index < -0.39 is 18.1 Å². The summed E-state index contributed by atoms with van der Waals surface area (Å²) in [6, 6.07) is -0.613. The largest absolute Gasteiger partial charge is 0.477 e. The highest BCUT2D eigenvalue weighted by atomic mass is 16.6. The van der Waals surface area contributed by atoms with E-state index in [1.165, 1.54) is 141 Å². The Morgan fingerprint density at radius 1 is 0.518 bits per heavy atom. The third-order valence-electron chi connectivity index (χ3n) is 10.6. The molecule has 328 valence electrons. The highest BCUT2D eigenvalue weighted by Gasteiger charge is 2.31. The lowest BCUT2D eigenvalue weighted by Crippen LogP contribution is -2.50. The molecule has 8 nitrogen and oxygen atoms in total. The van der Waals surface area contributed by atoms with Gasteiger partial charge >= 0.3 is 17.9 Å². The minimum atomic E-state index is -0.875. The molecule has 0 aromatic heterocycles. The zero-order valence-electron chi connectivity index (χ0n) is 37.3. The number of allylic oxidation sites excluding steroid dienone is 4. The van der Waals surface area contributed by atoms with Crippen molar-refractivity contribution < 1.29 is 38.2 Å². The Kier molecular flexibility index (Phi) is 38.1. The Labute approximate surface area is 345 Å². The van der Waals surface area contributed by atoms with Gasteiger partial charge in [-0.3, -0.25) is 9.59 Å². The molecule has 0 saturated carbocycles. The maximum absolute atomic E-state index is 12.7. The number of carbonyl (C=O) groups is 3. The normalized spacial score (nSPS) is 13.1. The highest BCUT2D eigenvalue weighted by Crippen LogP contribution is 2.15. The van der Waals surface area contributed by atoms with Gasteiger partial charge in [-0.2, -0.15) is 0 Å². The first-order chi connectivity index (χ1) is 27.1. The van der Waals surface area contributed by atoms with E-state index >= 15 is 0 Å². The molecule has 0 heterocycles.